The molecule has 0 bridgehead atoms. The van der Waals surface area contributed by atoms with E-state index in [2.05, 4.69) is 15.3 Å². The first kappa shape index (κ1) is 16.3. The predicted octanol–water partition coefficient (Wildman–Crippen LogP) is 1.11. The Morgan fingerprint density at radius 2 is 2.20 bits per heavy atom. The van der Waals surface area contributed by atoms with Crippen molar-refractivity contribution >= 4 is 11.7 Å². The highest BCUT2D eigenvalue weighted by atomic mass is 16.5. The van der Waals surface area contributed by atoms with Gasteiger partial charge in [-0.1, -0.05) is 13.8 Å². The second-order valence-electron chi connectivity index (χ2n) is 4.76. The van der Waals surface area contributed by atoms with Crippen LogP contribution in [0.1, 0.15) is 42.5 Å². The lowest BCUT2D eigenvalue weighted by atomic mass is 10.2. The fourth-order valence-electron chi connectivity index (χ4n) is 1.72. The standard InChI is InChI=1S/C13H21N3O4/c1-8(2)12-14-6-10(11(16-12)13(18)19)15-9(4-5-17)7-20-3/h6,8-9,15,17H,4-5,7H2,1-3H3,(H,18,19). The smallest absolute Gasteiger partial charge is 0.356 e. The minimum absolute atomic E-state index is 0.0195. The van der Waals surface area contributed by atoms with Crippen LogP contribution in [0.4, 0.5) is 5.69 Å². The van der Waals surface area contributed by atoms with Crippen molar-refractivity contribution in [3.8, 4) is 0 Å². The number of ether oxygens (including phenoxy) is 1. The summed E-state index contributed by atoms with van der Waals surface area (Å²) in [5, 5.41) is 21.2. The summed E-state index contributed by atoms with van der Waals surface area (Å²) in [7, 11) is 1.54. The molecular weight excluding hydrogens is 262 g/mol. The van der Waals surface area contributed by atoms with Crippen LogP contribution in [0.5, 0.6) is 0 Å². The Kier molecular flexibility index (Phi) is 6.33. The Hall–Kier alpha value is -1.73. The van der Waals surface area contributed by atoms with Gasteiger partial charge in [-0.2, -0.15) is 0 Å². The highest BCUT2D eigenvalue weighted by Gasteiger charge is 2.18. The summed E-state index contributed by atoms with van der Waals surface area (Å²) < 4.78 is 5.03. The van der Waals surface area contributed by atoms with Crippen LogP contribution in [0, 0.1) is 0 Å². The van der Waals surface area contributed by atoms with Gasteiger partial charge in [-0.3, -0.25) is 0 Å². The van der Waals surface area contributed by atoms with Gasteiger partial charge < -0.3 is 20.3 Å². The van der Waals surface area contributed by atoms with Gasteiger partial charge in [-0.15, -0.1) is 0 Å². The van der Waals surface area contributed by atoms with Gasteiger partial charge in [0.05, 0.1) is 24.5 Å². The fourth-order valence-corrected chi connectivity index (χ4v) is 1.72. The molecule has 1 atom stereocenters. The number of rotatable bonds is 8. The molecule has 0 aliphatic carbocycles. The molecule has 0 aliphatic heterocycles. The lowest BCUT2D eigenvalue weighted by Gasteiger charge is -2.19. The van der Waals surface area contributed by atoms with Gasteiger partial charge in [0.25, 0.3) is 0 Å². The van der Waals surface area contributed by atoms with Gasteiger partial charge in [0.2, 0.25) is 0 Å². The topological polar surface area (TPSA) is 105 Å². The van der Waals surface area contributed by atoms with Crippen LogP contribution in [0.3, 0.4) is 0 Å². The number of carbonyl (C=O) groups is 1. The number of anilines is 1. The lowest BCUT2D eigenvalue weighted by Crippen LogP contribution is -2.27. The van der Waals surface area contributed by atoms with Gasteiger partial charge in [0.15, 0.2) is 5.69 Å². The van der Waals surface area contributed by atoms with Crippen LogP contribution in [-0.4, -0.2) is 52.5 Å². The zero-order chi connectivity index (χ0) is 15.1. The third-order valence-electron chi connectivity index (χ3n) is 2.73. The van der Waals surface area contributed by atoms with E-state index in [1.807, 2.05) is 13.8 Å². The van der Waals surface area contributed by atoms with Crippen molar-refractivity contribution in [1.29, 1.82) is 0 Å². The molecule has 1 rings (SSSR count). The van der Waals surface area contributed by atoms with E-state index in [1.54, 1.807) is 7.11 Å². The number of aromatic nitrogens is 2. The fraction of sp³-hybridized carbons (Fsp3) is 0.615. The summed E-state index contributed by atoms with van der Waals surface area (Å²) in [5.74, 6) is -0.579. The summed E-state index contributed by atoms with van der Waals surface area (Å²) in [6.45, 7) is 4.13. The first-order chi connectivity index (χ1) is 9.49. The van der Waals surface area contributed by atoms with Gasteiger partial charge >= 0.3 is 5.97 Å². The summed E-state index contributed by atoms with van der Waals surface area (Å²) >= 11 is 0. The molecule has 7 heteroatoms. The van der Waals surface area contributed by atoms with Gasteiger partial charge in [0, 0.05) is 19.6 Å². The van der Waals surface area contributed by atoms with Crippen LogP contribution >= 0.6 is 0 Å². The SMILES string of the molecule is COCC(CCO)Nc1cnc(C(C)C)nc1C(=O)O. The van der Waals surface area contributed by atoms with E-state index in [1.165, 1.54) is 6.20 Å². The van der Waals surface area contributed by atoms with E-state index in [4.69, 9.17) is 9.84 Å². The molecule has 1 aromatic heterocycles. The molecule has 112 valence electrons. The summed E-state index contributed by atoms with van der Waals surface area (Å²) in [5.41, 5.74) is 0.264. The van der Waals surface area contributed by atoms with Crippen LogP contribution in [0.2, 0.25) is 0 Å². The average Bonchev–Trinajstić information content (AvgIpc) is 2.39. The number of methoxy groups -OCH3 is 1. The summed E-state index contributed by atoms with van der Waals surface area (Å²) in [4.78, 5) is 19.5. The van der Waals surface area contributed by atoms with Crippen molar-refractivity contribution in [3.05, 3.63) is 17.7 Å². The zero-order valence-electron chi connectivity index (χ0n) is 12.0. The number of carboxylic acids is 1. The van der Waals surface area contributed by atoms with Crippen molar-refractivity contribution in [2.75, 3.05) is 25.6 Å². The number of aromatic carboxylic acids is 1. The molecule has 0 spiro atoms. The number of carboxylic acid groups (broad SMARTS) is 1. The molecule has 0 radical (unpaired) electrons. The molecule has 0 saturated carbocycles. The second kappa shape index (κ2) is 7.76. The molecule has 0 aromatic carbocycles. The van der Waals surface area contributed by atoms with Gasteiger partial charge in [0.1, 0.15) is 5.82 Å². The third kappa shape index (κ3) is 4.43. The van der Waals surface area contributed by atoms with Crippen LogP contribution in [0.15, 0.2) is 6.20 Å². The third-order valence-corrected chi connectivity index (χ3v) is 2.73. The Labute approximate surface area is 118 Å². The van der Waals surface area contributed by atoms with E-state index in [9.17, 15) is 9.90 Å². The molecule has 7 nitrogen and oxygen atoms in total. The van der Waals surface area contributed by atoms with E-state index < -0.39 is 5.97 Å². The normalized spacial score (nSPS) is 12.4. The summed E-state index contributed by atoms with van der Waals surface area (Å²) in [6, 6.07) is -0.198. The van der Waals surface area contributed by atoms with Crippen molar-refractivity contribution in [1.82, 2.24) is 9.97 Å². The van der Waals surface area contributed by atoms with Crippen LogP contribution < -0.4 is 5.32 Å². The Bertz CT molecular complexity index is 445. The molecule has 1 unspecified atom stereocenters. The van der Waals surface area contributed by atoms with Crippen molar-refractivity contribution in [2.24, 2.45) is 0 Å². The van der Waals surface area contributed by atoms with Crippen molar-refractivity contribution < 1.29 is 19.7 Å². The van der Waals surface area contributed by atoms with Crippen LogP contribution in [0.25, 0.3) is 0 Å². The molecule has 0 fully saturated rings. The molecule has 1 heterocycles. The molecule has 0 aliphatic rings. The Balaban J connectivity index is 3.00. The maximum absolute atomic E-state index is 11.3. The van der Waals surface area contributed by atoms with Crippen molar-refractivity contribution in [2.45, 2.75) is 32.2 Å². The molecule has 1 aromatic rings. The maximum Gasteiger partial charge on any atom is 0.356 e. The molecule has 0 saturated heterocycles. The molecular formula is C13H21N3O4. The highest BCUT2D eigenvalue weighted by Crippen LogP contribution is 2.18. The highest BCUT2D eigenvalue weighted by molar-refractivity contribution is 5.91. The predicted molar refractivity (Wildman–Crippen MR) is 74.1 cm³/mol. The van der Waals surface area contributed by atoms with E-state index in [-0.39, 0.29) is 24.3 Å². The van der Waals surface area contributed by atoms with E-state index >= 15 is 0 Å². The number of nitrogens with zero attached hydrogens (tertiary/aromatic N) is 2. The maximum atomic E-state index is 11.3. The average molecular weight is 283 g/mol. The first-order valence-electron chi connectivity index (χ1n) is 6.46. The van der Waals surface area contributed by atoms with E-state index in [0.717, 1.165) is 0 Å². The largest absolute Gasteiger partial charge is 0.476 e. The zero-order valence-corrected chi connectivity index (χ0v) is 12.0. The van der Waals surface area contributed by atoms with Gasteiger partial charge in [-0.05, 0) is 6.42 Å². The monoisotopic (exact) mass is 283 g/mol. The summed E-state index contributed by atoms with van der Waals surface area (Å²) in [6.07, 6.45) is 1.91. The molecule has 3 N–H and O–H groups in total. The number of hydrogen-bond donors (Lipinski definition) is 3. The van der Waals surface area contributed by atoms with Gasteiger partial charge in [-0.25, -0.2) is 14.8 Å². The first-order valence-corrected chi connectivity index (χ1v) is 6.46. The number of nitrogens with one attached hydrogen (secondary N) is 1. The minimum Gasteiger partial charge on any atom is -0.476 e. The van der Waals surface area contributed by atoms with Crippen molar-refractivity contribution in [3.63, 3.8) is 0 Å². The lowest BCUT2D eigenvalue weighted by molar-refractivity contribution is 0.0691. The minimum atomic E-state index is -1.11. The van der Waals surface area contributed by atoms with Crippen LogP contribution in [-0.2, 0) is 4.74 Å². The van der Waals surface area contributed by atoms with E-state index in [0.29, 0.717) is 24.5 Å². The second-order valence-corrected chi connectivity index (χ2v) is 4.76. The number of aliphatic hydroxyl groups is 1. The quantitative estimate of drug-likeness (QED) is 0.656. The molecule has 20 heavy (non-hydrogen) atoms. The Morgan fingerprint density at radius 3 is 2.70 bits per heavy atom. The Morgan fingerprint density at radius 1 is 1.50 bits per heavy atom. The number of aliphatic hydroxyl groups excluding tert-OH is 1. The molecule has 0 amide bonds. The number of hydrogen-bond acceptors (Lipinski definition) is 6.